The number of carbonyl (C=O) groups is 3. The smallest absolute Gasteiger partial charge is 0.411 e. The van der Waals surface area contributed by atoms with Gasteiger partial charge in [-0.15, -0.1) is 0 Å². The van der Waals surface area contributed by atoms with Gasteiger partial charge in [0.15, 0.2) is 11.4 Å². The molecule has 1 amide bonds. The highest BCUT2D eigenvalue weighted by Crippen LogP contribution is 2.45. The second-order valence-electron chi connectivity index (χ2n) is 13.6. The molecule has 4 heterocycles. The number of halogens is 1. The topological polar surface area (TPSA) is 113 Å². The van der Waals surface area contributed by atoms with Gasteiger partial charge in [-0.25, -0.2) is 14.0 Å². The van der Waals surface area contributed by atoms with Crippen LogP contribution in [0, 0.1) is 29.0 Å². The van der Waals surface area contributed by atoms with Crippen molar-refractivity contribution in [1.82, 2.24) is 14.8 Å². The Morgan fingerprint density at radius 1 is 1.28 bits per heavy atom. The number of ketones is 1. The molecule has 5 atom stereocenters. The van der Waals surface area contributed by atoms with E-state index in [4.69, 9.17) is 9.47 Å². The normalized spacial score (nSPS) is 26.8. The van der Waals surface area contributed by atoms with E-state index in [1.54, 1.807) is 37.8 Å². The number of rotatable bonds is 6. The first-order valence-electron chi connectivity index (χ1n) is 15.0. The number of benzene rings is 1. The van der Waals surface area contributed by atoms with Gasteiger partial charge in [-0.05, 0) is 77.1 Å². The van der Waals surface area contributed by atoms with E-state index in [0.29, 0.717) is 35.3 Å². The van der Waals surface area contributed by atoms with Crippen LogP contribution in [-0.2, 0) is 26.3 Å². The van der Waals surface area contributed by atoms with Crippen molar-refractivity contribution in [2.45, 2.75) is 82.6 Å². The molecule has 0 radical (unpaired) electrons. The first-order valence-corrected chi connectivity index (χ1v) is 15.0. The monoisotopic (exact) mass is 588 g/mol. The number of Topliss-reactive ketones (excluding diaryl/α,β-unsaturated/α-hetero) is 1. The first-order chi connectivity index (χ1) is 20.4. The molecule has 1 spiro atoms. The van der Waals surface area contributed by atoms with E-state index < -0.39 is 35.1 Å². The lowest BCUT2D eigenvalue weighted by Crippen LogP contribution is -2.51. The van der Waals surface area contributed by atoms with Crippen LogP contribution in [0.5, 0.6) is 0 Å². The molecule has 6 rings (SSSR count). The SMILES string of the molecule is CN1CCC2(C1)OC(=O)c1cnc(-c3ccc(C[C@@H](C#N)CC(=O)[C@@H]4[C@H]5CC[C@H](C5)N4C(=O)OC(C)(C)C)c(F)c3)cc12. The zero-order valence-corrected chi connectivity index (χ0v) is 25.1. The number of nitriles is 1. The number of likely N-dealkylation sites (tertiary alicyclic amines) is 2. The summed E-state index contributed by atoms with van der Waals surface area (Å²) in [7, 11) is 1.98. The Hall–Kier alpha value is -3.84. The molecule has 3 fully saturated rings. The number of pyridine rings is 1. The summed E-state index contributed by atoms with van der Waals surface area (Å²) in [6.07, 6.45) is 4.16. The molecule has 3 aliphatic heterocycles. The molecule has 4 aliphatic rings. The predicted octanol–water partition coefficient (Wildman–Crippen LogP) is 5.02. The van der Waals surface area contributed by atoms with Crippen molar-refractivity contribution in [3.63, 3.8) is 0 Å². The molecule has 1 aromatic carbocycles. The van der Waals surface area contributed by atoms with Gasteiger partial charge in [-0.3, -0.25) is 14.7 Å². The molecule has 10 heteroatoms. The molecular weight excluding hydrogens is 551 g/mol. The third kappa shape index (κ3) is 5.40. The lowest BCUT2D eigenvalue weighted by Gasteiger charge is -2.35. The van der Waals surface area contributed by atoms with E-state index in [1.165, 1.54) is 12.3 Å². The molecule has 9 nitrogen and oxygen atoms in total. The number of carbonyl (C=O) groups excluding carboxylic acids is 3. The van der Waals surface area contributed by atoms with Crippen LogP contribution in [0.15, 0.2) is 30.5 Å². The van der Waals surface area contributed by atoms with Crippen molar-refractivity contribution in [2.75, 3.05) is 20.1 Å². The molecule has 1 aliphatic carbocycles. The molecule has 0 N–H and O–H groups in total. The summed E-state index contributed by atoms with van der Waals surface area (Å²) in [6, 6.07) is 8.11. The molecule has 226 valence electrons. The van der Waals surface area contributed by atoms with Gasteiger partial charge >= 0.3 is 12.1 Å². The molecule has 2 saturated heterocycles. The highest BCUT2D eigenvalue weighted by atomic mass is 19.1. The second-order valence-corrected chi connectivity index (χ2v) is 13.6. The first kappa shape index (κ1) is 29.2. The maximum atomic E-state index is 15.4. The summed E-state index contributed by atoms with van der Waals surface area (Å²) < 4.78 is 26.8. The zero-order valence-electron chi connectivity index (χ0n) is 25.1. The number of hydrogen-bond acceptors (Lipinski definition) is 8. The summed E-state index contributed by atoms with van der Waals surface area (Å²) in [5.41, 5.74) is 1.24. The molecular formula is C33H37FN4O5. The molecule has 2 bridgehead atoms. The Morgan fingerprint density at radius 2 is 2.07 bits per heavy atom. The van der Waals surface area contributed by atoms with Crippen LogP contribution in [0.1, 0.15) is 74.4 Å². The van der Waals surface area contributed by atoms with Crippen molar-refractivity contribution < 1.29 is 28.2 Å². The Kier molecular flexibility index (Phi) is 7.28. The van der Waals surface area contributed by atoms with Crippen LogP contribution >= 0.6 is 0 Å². The van der Waals surface area contributed by atoms with Crippen LogP contribution in [0.25, 0.3) is 11.3 Å². The van der Waals surface area contributed by atoms with Gasteiger partial charge in [0.1, 0.15) is 11.4 Å². The van der Waals surface area contributed by atoms with Crippen LogP contribution in [0.3, 0.4) is 0 Å². The van der Waals surface area contributed by atoms with Gasteiger partial charge in [-0.2, -0.15) is 5.26 Å². The van der Waals surface area contributed by atoms with E-state index in [-0.39, 0.29) is 36.6 Å². The summed E-state index contributed by atoms with van der Waals surface area (Å²) >= 11 is 0. The van der Waals surface area contributed by atoms with Crippen LogP contribution < -0.4 is 0 Å². The Morgan fingerprint density at radius 3 is 2.74 bits per heavy atom. The number of esters is 1. The van der Waals surface area contributed by atoms with Crippen LogP contribution in [0.4, 0.5) is 9.18 Å². The fraction of sp³-hybridized carbons (Fsp3) is 0.545. The fourth-order valence-corrected chi connectivity index (χ4v) is 7.35. The molecule has 1 saturated carbocycles. The second kappa shape index (κ2) is 10.7. The van der Waals surface area contributed by atoms with Gasteiger partial charge in [-0.1, -0.05) is 12.1 Å². The Labute approximate surface area is 251 Å². The largest absolute Gasteiger partial charge is 0.449 e. The van der Waals surface area contributed by atoms with E-state index in [9.17, 15) is 19.6 Å². The minimum absolute atomic E-state index is 0.0266. The van der Waals surface area contributed by atoms with E-state index in [2.05, 4.69) is 16.0 Å². The number of piperidine rings is 1. The number of ether oxygens (including phenoxy) is 2. The molecule has 2 aromatic rings. The van der Waals surface area contributed by atoms with Gasteiger partial charge in [0, 0.05) is 49.3 Å². The van der Waals surface area contributed by atoms with Gasteiger partial charge < -0.3 is 14.4 Å². The number of nitrogens with zero attached hydrogens (tertiary/aromatic N) is 4. The summed E-state index contributed by atoms with van der Waals surface area (Å²) in [4.78, 5) is 47.1. The van der Waals surface area contributed by atoms with Gasteiger partial charge in [0.2, 0.25) is 0 Å². The van der Waals surface area contributed by atoms with Gasteiger partial charge in [0.05, 0.1) is 29.3 Å². The van der Waals surface area contributed by atoms with Gasteiger partial charge in [0.25, 0.3) is 0 Å². The number of amides is 1. The highest BCUT2D eigenvalue weighted by Gasteiger charge is 2.52. The Balaban J connectivity index is 1.17. The van der Waals surface area contributed by atoms with Crippen molar-refractivity contribution in [1.29, 1.82) is 5.26 Å². The molecule has 1 unspecified atom stereocenters. The maximum Gasteiger partial charge on any atom is 0.411 e. The fourth-order valence-electron chi connectivity index (χ4n) is 7.35. The van der Waals surface area contributed by atoms with E-state index >= 15 is 4.39 Å². The minimum Gasteiger partial charge on any atom is -0.449 e. The lowest BCUT2D eigenvalue weighted by molar-refractivity contribution is -0.126. The van der Waals surface area contributed by atoms with Crippen LogP contribution in [0.2, 0.25) is 0 Å². The Bertz CT molecular complexity index is 1530. The standard InChI is InChI=1S/C33H37FN4O5/c1-32(2,3)43-31(41)38-23-8-7-22(13-23)29(38)28(39)12-19(16-35)11-20-5-6-21(14-26(20)34)27-15-25-24(17-36-27)30(40)42-33(25)9-10-37(4)18-33/h5-6,14-15,17,19,22-23,29H,7-13,18H2,1-4H3/t19-,22+,23-,29+,33?/m1/s1. The average Bonchev–Trinajstić information content (AvgIpc) is 3.72. The van der Waals surface area contributed by atoms with Crippen LogP contribution in [-0.4, -0.2) is 70.5 Å². The van der Waals surface area contributed by atoms with Crippen molar-refractivity contribution in [2.24, 2.45) is 11.8 Å². The number of aromatic nitrogens is 1. The number of fused-ring (bicyclic) bond motifs is 4. The molecule has 43 heavy (non-hydrogen) atoms. The minimum atomic E-state index is -0.743. The highest BCUT2D eigenvalue weighted by molar-refractivity contribution is 5.95. The van der Waals surface area contributed by atoms with Crippen molar-refractivity contribution >= 4 is 17.8 Å². The maximum absolute atomic E-state index is 15.4. The lowest BCUT2D eigenvalue weighted by atomic mass is 9.87. The quantitative estimate of drug-likeness (QED) is 0.433. The predicted molar refractivity (Wildman–Crippen MR) is 154 cm³/mol. The third-order valence-electron chi connectivity index (χ3n) is 9.29. The van der Waals surface area contributed by atoms with E-state index in [1.807, 2.05) is 13.1 Å². The van der Waals surface area contributed by atoms with Crippen molar-refractivity contribution in [3.05, 3.63) is 53.0 Å². The van der Waals surface area contributed by atoms with Crippen molar-refractivity contribution in [3.8, 4) is 17.3 Å². The van der Waals surface area contributed by atoms with E-state index in [0.717, 1.165) is 31.4 Å². The summed E-state index contributed by atoms with van der Waals surface area (Å²) in [6.45, 7) is 6.78. The third-order valence-corrected chi connectivity index (χ3v) is 9.29. The summed E-state index contributed by atoms with van der Waals surface area (Å²) in [5.74, 6) is -1.74. The molecule has 1 aromatic heterocycles. The average molecular weight is 589 g/mol. The number of hydrogen-bond donors (Lipinski definition) is 0. The number of likely N-dealkylation sites (N-methyl/N-ethyl adjacent to an activating group) is 1. The zero-order chi connectivity index (χ0) is 30.7. The summed E-state index contributed by atoms with van der Waals surface area (Å²) in [5, 5.41) is 9.91.